The van der Waals surface area contributed by atoms with Crippen molar-refractivity contribution in [1.29, 1.82) is 0 Å². The van der Waals surface area contributed by atoms with Crippen LogP contribution in [0.5, 0.6) is 0 Å². The Hall–Kier alpha value is -2.43. The first kappa shape index (κ1) is 14.2. The van der Waals surface area contributed by atoms with Crippen LogP contribution >= 0.6 is 0 Å². The minimum atomic E-state index is 0.588. The summed E-state index contributed by atoms with van der Waals surface area (Å²) in [7, 11) is 0. The van der Waals surface area contributed by atoms with Gasteiger partial charge in [0.1, 0.15) is 5.65 Å². The third-order valence-electron chi connectivity index (χ3n) is 4.64. The first-order chi connectivity index (χ1) is 11.3. The average molecular weight is 307 g/mol. The van der Waals surface area contributed by atoms with Crippen LogP contribution in [0.25, 0.3) is 11.0 Å². The van der Waals surface area contributed by atoms with Gasteiger partial charge in [-0.1, -0.05) is 18.9 Å². The molecule has 0 radical (unpaired) electrons. The summed E-state index contributed by atoms with van der Waals surface area (Å²) in [4.78, 5) is 13.5. The molecule has 23 heavy (non-hydrogen) atoms. The van der Waals surface area contributed by atoms with Crippen molar-refractivity contribution in [3.05, 3.63) is 48.0 Å². The Labute approximate surface area is 135 Å². The van der Waals surface area contributed by atoms with Gasteiger partial charge in [0, 0.05) is 30.0 Å². The molecule has 0 spiro atoms. The molecule has 0 saturated heterocycles. The molecule has 0 unspecified atom stereocenters. The van der Waals surface area contributed by atoms with Crippen molar-refractivity contribution in [3.8, 4) is 0 Å². The zero-order valence-corrected chi connectivity index (χ0v) is 13.4. The van der Waals surface area contributed by atoms with Crippen molar-refractivity contribution < 1.29 is 0 Å². The number of fused-ring (bicyclic) bond motifs is 1. The van der Waals surface area contributed by atoms with E-state index in [-0.39, 0.29) is 0 Å². The monoisotopic (exact) mass is 307 g/mol. The fourth-order valence-electron chi connectivity index (χ4n) is 3.41. The summed E-state index contributed by atoms with van der Waals surface area (Å²) >= 11 is 0. The molecule has 1 saturated carbocycles. The zero-order valence-electron chi connectivity index (χ0n) is 13.4. The number of hydrogen-bond acceptors (Lipinski definition) is 4. The normalized spacial score (nSPS) is 15.3. The highest BCUT2D eigenvalue weighted by Crippen LogP contribution is 2.33. The van der Waals surface area contributed by atoms with Gasteiger partial charge in [0.05, 0.1) is 12.2 Å². The summed E-state index contributed by atoms with van der Waals surface area (Å²) in [5.74, 6) is 0.667. The number of anilines is 1. The number of hydrogen-bond donors (Lipinski definition) is 1. The molecular formula is C18H21N5. The van der Waals surface area contributed by atoms with Crippen molar-refractivity contribution in [3.63, 3.8) is 0 Å². The maximum atomic E-state index is 4.77. The van der Waals surface area contributed by atoms with Crippen molar-refractivity contribution in [2.75, 3.05) is 5.32 Å². The van der Waals surface area contributed by atoms with E-state index in [0.717, 1.165) is 16.7 Å². The van der Waals surface area contributed by atoms with Crippen LogP contribution in [0.3, 0.4) is 0 Å². The number of pyridine rings is 1. The molecule has 1 aliphatic rings. The quantitative estimate of drug-likeness (QED) is 0.795. The number of rotatable bonds is 4. The van der Waals surface area contributed by atoms with Gasteiger partial charge in [0.25, 0.3) is 0 Å². The second kappa shape index (κ2) is 5.99. The molecule has 3 heterocycles. The first-order valence-electron chi connectivity index (χ1n) is 8.29. The molecule has 0 bridgehead atoms. The van der Waals surface area contributed by atoms with E-state index in [1.54, 1.807) is 6.20 Å². The summed E-state index contributed by atoms with van der Waals surface area (Å²) in [6.07, 6.45) is 11.1. The van der Waals surface area contributed by atoms with E-state index in [0.29, 0.717) is 18.5 Å². The summed E-state index contributed by atoms with van der Waals surface area (Å²) in [6.45, 7) is 2.77. The molecule has 0 amide bonds. The number of nitrogens with zero attached hydrogens (tertiary/aromatic N) is 4. The van der Waals surface area contributed by atoms with Gasteiger partial charge in [0.2, 0.25) is 5.95 Å². The van der Waals surface area contributed by atoms with E-state index >= 15 is 0 Å². The molecular weight excluding hydrogens is 286 g/mol. The standard InChI is InChI=1S/C18H21N5/c1-13-12-23(15-7-2-3-8-15)17-16(13)11-21-18(22-17)20-10-14-6-4-5-9-19-14/h4-6,9,11-12,15H,2-3,7-8,10H2,1H3,(H,20,21,22). The lowest BCUT2D eigenvalue weighted by molar-refractivity contribution is 0.531. The van der Waals surface area contributed by atoms with Crippen LogP contribution < -0.4 is 5.32 Å². The molecule has 0 aromatic carbocycles. The Morgan fingerprint density at radius 3 is 2.87 bits per heavy atom. The number of aryl methyl sites for hydroxylation is 1. The van der Waals surface area contributed by atoms with Crippen molar-refractivity contribution in [1.82, 2.24) is 19.5 Å². The highest BCUT2D eigenvalue weighted by molar-refractivity contribution is 5.80. The minimum absolute atomic E-state index is 0.588. The summed E-state index contributed by atoms with van der Waals surface area (Å²) < 4.78 is 2.35. The largest absolute Gasteiger partial charge is 0.349 e. The molecule has 3 aromatic rings. The highest BCUT2D eigenvalue weighted by atomic mass is 15.2. The van der Waals surface area contributed by atoms with E-state index in [1.807, 2.05) is 24.4 Å². The molecule has 118 valence electrons. The lowest BCUT2D eigenvalue weighted by atomic mass is 10.2. The molecule has 5 nitrogen and oxygen atoms in total. The average Bonchev–Trinajstić information content (AvgIpc) is 3.22. The van der Waals surface area contributed by atoms with Gasteiger partial charge in [-0.15, -0.1) is 0 Å². The first-order valence-corrected chi connectivity index (χ1v) is 8.29. The predicted octanol–water partition coefficient (Wildman–Crippen LogP) is 3.86. The number of aromatic nitrogens is 4. The van der Waals surface area contributed by atoms with E-state index in [2.05, 4.69) is 33.0 Å². The maximum absolute atomic E-state index is 4.77. The molecule has 0 atom stereocenters. The third kappa shape index (κ3) is 2.79. The molecule has 1 N–H and O–H groups in total. The van der Waals surface area contributed by atoms with E-state index < -0.39 is 0 Å². The summed E-state index contributed by atoms with van der Waals surface area (Å²) in [5, 5.41) is 4.44. The van der Waals surface area contributed by atoms with Crippen LogP contribution in [0, 0.1) is 6.92 Å². The Morgan fingerprint density at radius 1 is 1.22 bits per heavy atom. The zero-order chi connectivity index (χ0) is 15.6. The second-order valence-electron chi connectivity index (χ2n) is 6.26. The predicted molar refractivity (Wildman–Crippen MR) is 91.3 cm³/mol. The summed E-state index contributed by atoms with van der Waals surface area (Å²) in [5.41, 5.74) is 3.29. The van der Waals surface area contributed by atoms with Crippen LogP contribution in [-0.2, 0) is 6.54 Å². The van der Waals surface area contributed by atoms with Gasteiger partial charge in [0.15, 0.2) is 0 Å². The van der Waals surface area contributed by atoms with Gasteiger partial charge in [-0.05, 0) is 37.5 Å². The van der Waals surface area contributed by atoms with Crippen molar-refractivity contribution in [2.24, 2.45) is 0 Å². The van der Waals surface area contributed by atoms with Crippen LogP contribution in [0.2, 0.25) is 0 Å². The van der Waals surface area contributed by atoms with Gasteiger partial charge in [-0.25, -0.2) is 4.98 Å². The van der Waals surface area contributed by atoms with Crippen molar-refractivity contribution in [2.45, 2.75) is 45.2 Å². The third-order valence-corrected chi connectivity index (χ3v) is 4.64. The Morgan fingerprint density at radius 2 is 2.09 bits per heavy atom. The molecule has 4 rings (SSSR count). The smallest absolute Gasteiger partial charge is 0.224 e. The van der Waals surface area contributed by atoms with Crippen LogP contribution in [0.15, 0.2) is 36.8 Å². The fraction of sp³-hybridized carbons (Fsp3) is 0.389. The van der Waals surface area contributed by atoms with Gasteiger partial charge in [-0.2, -0.15) is 4.98 Å². The Kier molecular flexibility index (Phi) is 3.69. The summed E-state index contributed by atoms with van der Waals surface area (Å²) in [6, 6.07) is 6.49. The fourth-order valence-corrected chi connectivity index (χ4v) is 3.41. The van der Waals surface area contributed by atoms with Gasteiger partial charge in [-0.3, -0.25) is 4.98 Å². The van der Waals surface area contributed by atoms with Crippen LogP contribution in [0.1, 0.15) is 43.0 Å². The highest BCUT2D eigenvalue weighted by Gasteiger charge is 2.20. The Bertz CT molecular complexity index is 803. The topological polar surface area (TPSA) is 55.6 Å². The van der Waals surface area contributed by atoms with Crippen molar-refractivity contribution >= 4 is 17.0 Å². The SMILES string of the molecule is Cc1cn(C2CCCC2)c2nc(NCc3ccccn3)ncc12. The van der Waals surface area contributed by atoms with E-state index in [1.165, 1.54) is 31.2 Å². The molecule has 1 fully saturated rings. The van der Waals surface area contributed by atoms with Crippen LogP contribution in [0.4, 0.5) is 5.95 Å². The molecule has 5 heteroatoms. The molecule has 1 aliphatic carbocycles. The maximum Gasteiger partial charge on any atom is 0.224 e. The second-order valence-corrected chi connectivity index (χ2v) is 6.26. The molecule has 0 aliphatic heterocycles. The lowest BCUT2D eigenvalue weighted by Crippen LogP contribution is -2.07. The minimum Gasteiger partial charge on any atom is -0.349 e. The van der Waals surface area contributed by atoms with Gasteiger partial charge >= 0.3 is 0 Å². The van der Waals surface area contributed by atoms with Gasteiger partial charge < -0.3 is 9.88 Å². The van der Waals surface area contributed by atoms with E-state index in [9.17, 15) is 0 Å². The number of nitrogens with one attached hydrogen (secondary N) is 1. The van der Waals surface area contributed by atoms with E-state index in [4.69, 9.17) is 4.98 Å². The van der Waals surface area contributed by atoms with Crippen LogP contribution in [-0.4, -0.2) is 19.5 Å². The molecule has 3 aromatic heterocycles. The lowest BCUT2D eigenvalue weighted by Gasteiger charge is -2.13. The Balaban J connectivity index is 1.62.